The van der Waals surface area contributed by atoms with Gasteiger partial charge in [-0.3, -0.25) is 0 Å². The number of hydrogen-bond donors (Lipinski definition) is 0. The summed E-state index contributed by atoms with van der Waals surface area (Å²) in [5.74, 6) is -0.395. The second-order valence-electron chi connectivity index (χ2n) is 1.83. The first-order valence-electron chi connectivity index (χ1n) is 3.36. The molecule has 0 radical (unpaired) electrons. The van der Waals surface area contributed by atoms with Crippen LogP contribution in [0, 0.1) is 0 Å². The van der Waals surface area contributed by atoms with Gasteiger partial charge in [-0.05, 0) is 6.42 Å². The van der Waals surface area contributed by atoms with Gasteiger partial charge in [-0.1, -0.05) is 24.8 Å². The molecule has 0 amide bonds. The van der Waals surface area contributed by atoms with Crippen molar-refractivity contribution in [3.8, 4) is 0 Å². The topological polar surface area (TPSA) is 26.3 Å². The van der Waals surface area contributed by atoms with Crippen LogP contribution in [0.1, 0.15) is 6.42 Å². The van der Waals surface area contributed by atoms with Crippen molar-refractivity contribution in [3.05, 3.63) is 37.5 Å². The molecule has 0 fully saturated rings. The molecule has 0 atom stereocenters. The van der Waals surface area contributed by atoms with Crippen molar-refractivity contribution in [2.45, 2.75) is 6.42 Å². The van der Waals surface area contributed by atoms with Gasteiger partial charge in [0.2, 0.25) is 0 Å². The summed E-state index contributed by atoms with van der Waals surface area (Å²) in [6, 6.07) is 0. The lowest BCUT2D eigenvalue weighted by atomic mass is 10.4. The van der Waals surface area contributed by atoms with E-state index in [2.05, 4.69) is 17.9 Å². The van der Waals surface area contributed by atoms with Gasteiger partial charge in [-0.25, -0.2) is 4.79 Å². The Labute approximate surface area is 66.9 Å². The molecule has 0 N–H and O–H groups in total. The van der Waals surface area contributed by atoms with Gasteiger partial charge in [-0.2, -0.15) is 0 Å². The first-order chi connectivity index (χ1) is 5.31. The number of allylic oxidation sites excluding steroid dienone is 2. The van der Waals surface area contributed by atoms with Gasteiger partial charge in [0.15, 0.2) is 0 Å². The van der Waals surface area contributed by atoms with Crippen molar-refractivity contribution in [2.75, 3.05) is 6.61 Å². The van der Waals surface area contributed by atoms with E-state index in [0.29, 0.717) is 6.61 Å². The molecule has 0 heterocycles. The van der Waals surface area contributed by atoms with Crippen LogP contribution < -0.4 is 0 Å². The summed E-state index contributed by atoms with van der Waals surface area (Å²) in [4.78, 5) is 10.5. The van der Waals surface area contributed by atoms with Crippen LogP contribution >= 0.6 is 0 Å². The summed E-state index contributed by atoms with van der Waals surface area (Å²) < 4.78 is 4.66. The quantitative estimate of drug-likeness (QED) is 0.341. The van der Waals surface area contributed by atoms with Crippen LogP contribution in [0.4, 0.5) is 0 Å². The van der Waals surface area contributed by atoms with Crippen molar-refractivity contribution in [3.63, 3.8) is 0 Å². The first kappa shape index (κ1) is 9.69. The van der Waals surface area contributed by atoms with Crippen molar-refractivity contribution in [2.24, 2.45) is 0 Å². The molecule has 0 aromatic carbocycles. The minimum atomic E-state index is -0.395. The third-order valence-electron chi connectivity index (χ3n) is 0.958. The van der Waals surface area contributed by atoms with Crippen LogP contribution in [0.25, 0.3) is 0 Å². The number of hydrogen-bond acceptors (Lipinski definition) is 2. The zero-order valence-corrected chi connectivity index (χ0v) is 6.45. The molecule has 0 spiro atoms. The molecule has 0 unspecified atom stereocenters. The summed E-state index contributed by atoms with van der Waals surface area (Å²) in [5.41, 5.74) is 0. The molecule has 0 bridgehead atoms. The monoisotopic (exact) mass is 152 g/mol. The van der Waals surface area contributed by atoms with Crippen LogP contribution in [-0.4, -0.2) is 12.6 Å². The molecule has 11 heavy (non-hydrogen) atoms. The van der Waals surface area contributed by atoms with Crippen LogP contribution in [0.15, 0.2) is 37.5 Å². The van der Waals surface area contributed by atoms with Crippen LogP contribution in [0.2, 0.25) is 0 Å². The highest BCUT2D eigenvalue weighted by molar-refractivity contribution is 5.81. The molecule has 0 aromatic heterocycles. The molecule has 0 aliphatic heterocycles. The number of esters is 1. The zero-order valence-electron chi connectivity index (χ0n) is 6.45. The highest BCUT2D eigenvalue weighted by Crippen LogP contribution is 1.85. The van der Waals surface area contributed by atoms with Crippen molar-refractivity contribution < 1.29 is 9.53 Å². The molecule has 2 heteroatoms. The molecule has 0 aromatic rings. The average Bonchev–Trinajstić information content (AvgIpc) is 2.04. The third-order valence-corrected chi connectivity index (χ3v) is 0.958. The smallest absolute Gasteiger partial charge is 0.330 e. The molecule has 0 aliphatic carbocycles. The summed E-state index contributed by atoms with van der Waals surface area (Å²) >= 11 is 0. The van der Waals surface area contributed by atoms with Crippen LogP contribution in [-0.2, 0) is 9.53 Å². The van der Waals surface area contributed by atoms with E-state index in [9.17, 15) is 4.79 Å². The van der Waals surface area contributed by atoms with Gasteiger partial charge in [0, 0.05) is 6.08 Å². The maximum atomic E-state index is 10.5. The average molecular weight is 152 g/mol. The second kappa shape index (κ2) is 6.81. The highest BCUT2D eigenvalue weighted by Gasteiger charge is 1.89. The number of carbonyl (C=O) groups excluding carboxylic acids is 1. The lowest BCUT2D eigenvalue weighted by Crippen LogP contribution is -1.98. The summed E-state index contributed by atoms with van der Waals surface area (Å²) in [7, 11) is 0. The second-order valence-corrected chi connectivity index (χ2v) is 1.83. The van der Waals surface area contributed by atoms with E-state index in [0.717, 1.165) is 12.5 Å². The molecule has 0 saturated heterocycles. The van der Waals surface area contributed by atoms with E-state index in [1.165, 1.54) is 0 Å². The Morgan fingerprint density at radius 3 is 2.64 bits per heavy atom. The minimum Gasteiger partial charge on any atom is -0.458 e. The van der Waals surface area contributed by atoms with Crippen molar-refractivity contribution >= 4 is 5.97 Å². The van der Waals surface area contributed by atoms with E-state index < -0.39 is 5.97 Å². The van der Waals surface area contributed by atoms with Gasteiger partial charge in [0.25, 0.3) is 0 Å². The van der Waals surface area contributed by atoms with Gasteiger partial charge in [0.05, 0.1) is 0 Å². The van der Waals surface area contributed by atoms with Crippen LogP contribution in [0.5, 0.6) is 0 Å². The highest BCUT2D eigenvalue weighted by atomic mass is 16.5. The van der Waals surface area contributed by atoms with Gasteiger partial charge >= 0.3 is 5.97 Å². The predicted molar refractivity (Wildman–Crippen MR) is 45.1 cm³/mol. The Hall–Kier alpha value is -1.31. The lowest BCUT2D eigenvalue weighted by Gasteiger charge is -1.93. The fraction of sp³-hybridized carbons (Fsp3) is 0.222. The van der Waals surface area contributed by atoms with Crippen molar-refractivity contribution in [1.82, 2.24) is 0 Å². The fourth-order valence-corrected chi connectivity index (χ4v) is 0.450. The minimum absolute atomic E-state index is 0.304. The largest absolute Gasteiger partial charge is 0.458 e. The molecule has 60 valence electrons. The molecule has 2 nitrogen and oxygen atoms in total. The van der Waals surface area contributed by atoms with E-state index in [4.69, 9.17) is 0 Å². The zero-order chi connectivity index (χ0) is 8.53. The van der Waals surface area contributed by atoms with Gasteiger partial charge < -0.3 is 4.74 Å². The third kappa shape index (κ3) is 6.58. The standard InChI is InChI=1S/C9H12O2/c1-3-5-6-7-8-11-9(10)4-2/h3-4,6-7H,1-2,5,8H2. The number of ether oxygens (including phenoxy) is 1. The Balaban J connectivity index is 3.32. The van der Waals surface area contributed by atoms with Gasteiger partial charge in [0.1, 0.15) is 6.61 Å². The van der Waals surface area contributed by atoms with Crippen LogP contribution in [0.3, 0.4) is 0 Å². The predicted octanol–water partition coefficient (Wildman–Crippen LogP) is 1.85. The lowest BCUT2D eigenvalue weighted by molar-refractivity contribution is -0.136. The molecule has 0 aliphatic rings. The maximum Gasteiger partial charge on any atom is 0.330 e. The van der Waals surface area contributed by atoms with Gasteiger partial charge in [-0.15, -0.1) is 6.58 Å². The molecular formula is C9H12O2. The number of carbonyl (C=O) groups is 1. The van der Waals surface area contributed by atoms with Crippen molar-refractivity contribution in [1.29, 1.82) is 0 Å². The fourth-order valence-electron chi connectivity index (χ4n) is 0.450. The Morgan fingerprint density at radius 2 is 2.09 bits per heavy atom. The summed E-state index contributed by atoms with van der Waals surface area (Å²) in [5, 5.41) is 0. The van der Waals surface area contributed by atoms with E-state index in [1.807, 2.05) is 6.08 Å². The Bertz CT molecular complexity index is 168. The van der Waals surface area contributed by atoms with E-state index in [-0.39, 0.29) is 0 Å². The summed E-state index contributed by atoms with van der Waals surface area (Å²) in [6.07, 6.45) is 7.35. The SMILES string of the molecule is C=CCC=CCOC(=O)C=C. The summed E-state index contributed by atoms with van der Waals surface area (Å²) in [6.45, 7) is 7.10. The number of rotatable bonds is 5. The normalized spacial score (nSPS) is 9.45. The maximum absolute atomic E-state index is 10.5. The van der Waals surface area contributed by atoms with E-state index in [1.54, 1.807) is 12.2 Å². The Kier molecular flexibility index (Phi) is 5.99. The molecule has 0 saturated carbocycles. The molecular weight excluding hydrogens is 140 g/mol. The Morgan fingerprint density at radius 1 is 1.36 bits per heavy atom. The molecule has 0 rings (SSSR count). The first-order valence-corrected chi connectivity index (χ1v) is 3.36. The van der Waals surface area contributed by atoms with E-state index >= 15 is 0 Å².